The lowest BCUT2D eigenvalue weighted by atomic mass is 9.98. The molecule has 2 rings (SSSR count). The molecule has 0 saturated heterocycles. The van der Waals surface area contributed by atoms with Gasteiger partial charge in [0.2, 0.25) is 0 Å². The third-order valence-corrected chi connectivity index (χ3v) is 5.29. The number of hydrogen-bond acceptors (Lipinski definition) is 3. The van der Waals surface area contributed by atoms with E-state index in [0.717, 1.165) is 11.0 Å². The van der Waals surface area contributed by atoms with Crippen LogP contribution in [0.2, 0.25) is 0 Å². The molecule has 0 saturated carbocycles. The lowest BCUT2D eigenvalue weighted by molar-refractivity contribution is 0.576. The predicted octanol–water partition coefficient (Wildman–Crippen LogP) is 5.05. The Balaban J connectivity index is 1.99. The second-order valence-corrected chi connectivity index (χ2v) is 7.98. The number of nitrogens with zero attached hydrogens (tertiary/aromatic N) is 1. The molecule has 20 heavy (non-hydrogen) atoms. The maximum absolute atomic E-state index is 4.52. The number of aromatic nitrogens is 1. The van der Waals surface area contributed by atoms with Crippen LogP contribution in [0.25, 0.3) is 0 Å². The van der Waals surface area contributed by atoms with Crippen molar-refractivity contribution >= 4 is 27.3 Å². The largest absolute Gasteiger partial charge is 0.305 e. The molecule has 0 radical (unpaired) electrons. The maximum atomic E-state index is 4.52. The second-order valence-electron chi connectivity index (χ2n) is 6.01. The zero-order valence-electron chi connectivity index (χ0n) is 12.4. The minimum absolute atomic E-state index is 0.136. The van der Waals surface area contributed by atoms with Crippen molar-refractivity contribution in [2.75, 3.05) is 0 Å². The summed E-state index contributed by atoms with van der Waals surface area (Å²) in [5.41, 5.74) is 1.42. The number of thiazole rings is 1. The third kappa shape index (κ3) is 3.90. The molecule has 108 valence electrons. The van der Waals surface area contributed by atoms with Gasteiger partial charge < -0.3 is 5.32 Å². The predicted molar refractivity (Wildman–Crippen MR) is 90.2 cm³/mol. The first kappa shape index (κ1) is 15.7. The van der Waals surface area contributed by atoms with Gasteiger partial charge in [-0.25, -0.2) is 4.98 Å². The van der Waals surface area contributed by atoms with E-state index in [1.54, 1.807) is 11.3 Å². The van der Waals surface area contributed by atoms with E-state index >= 15 is 0 Å². The maximum Gasteiger partial charge on any atom is 0.0981 e. The van der Waals surface area contributed by atoms with Gasteiger partial charge >= 0.3 is 0 Å². The van der Waals surface area contributed by atoms with E-state index in [2.05, 4.69) is 72.1 Å². The van der Waals surface area contributed by atoms with Gasteiger partial charge in [-0.1, -0.05) is 54.9 Å². The Morgan fingerprint density at radius 3 is 2.60 bits per heavy atom. The molecule has 0 spiro atoms. The van der Waals surface area contributed by atoms with Crippen molar-refractivity contribution < 1.29 is 0 Å². The summed E-state index contributed by atoms with van der Waals surface area (Å²) >= 11 is 5.40. The molecule has 0 bridgehead atoms. The summed E-state index contributed by atoms with van der Waals surface area (Å²) in [5.74, 6) is 0. The van der Waals surface area contributed by atoms with Gasteiger partial charge in [-0.2, -0.15) is 0 Å². The SMILES string of the molecule is C[C@H](NCc1cnc(C(C)(C)C)s1)c1ccccc1Br. The fraction of sp³-hybridized carbons (Fsp3) is 0.438. The van der Waals surface area contributed by atoms with E-state index < -0.39 is 0 Å². The summed E-state index contributed by atoms with van der Waals surface area (Å²) in [6.07, 6.45) is 1.99. The van der Waals surface area contributed by atoms with Gasteiger partial charge in [-0.05, 0) is 18.6 Å². The molecular formula is C16H21BrN2S. The zero-order valence-corrected chi connectivity index (χ0v) is 14.8. The fourth-order valence-corrected chi connectivity index (χ4v) is 3.47. The van der Waals surface area contributed by atoms with Crippen molar-refractivity contribution in [3.63, 3.8) is 0 Å². The zero-order chi connectivity index (χ0) is 14.8. The molecule has 0 aliphatic rings. The van der Waals surface area contributed by atoms with Crippen LogP contribution < -0.4 is 5.32 Å². The molecule has 0 amide bonds. The lowest BCUT2D eigenvalue weighted by Crippen LogP contribution is -2.17. The molecule has 2 aromatic rings. The molecular weight excluding hydrogens is 332 g/mol. The highest BCUT2D eigenvalue weighted by molar-refractivity contribution is 9.10. The van der Waals surface area contributed by atoms with E-state index in [0.29, 0.717) is 6.04 Å². The molecule has 0 unspecified atom stereocenters. The highest BCUT2D eigenvalue weighted by Crippen LogP contribution is 2.27. The first-order valence-corrected chi connectivity index (χ1v) is 8.42. The summed E-state index contributed by atoms with van der Waals surface area (Å²) in [6, 6.07) is 8.65. The van der Waals surface area contributed by atoms with Crippen LogP contribution in [0.1, 0.15) is 49.2 Å². The molecule has 1 N–H and O–H groups in total. The van der Waals surface area contributed by atoms with Crippen molar-refractivity contribution in [1.29, 1.82) is 0 Å². The van der Waals surface area contributed by atoms with Crippen molar-refractivity contribution in [3.05, 3.63) is 50.4 Å². The summed E-state index contributed by atoms with van der Waals surface area (Å²) in [6.45, 7) is 9.65. The van der Waals surface area contributed by atoms with Gasteiger partial charge in [-0.15, -0.1) is 11.3 Å². The Bertz CT molecular complexity index is 572. The van der Waals surface area contributed by atoms with Crippen LogP contribution in [0.15, 0.2) is 34.9 Å². The van der Waals surface area contributed by atoms with E-state index in [9.17, 15) is 0 Å². The molecule has 2 nitrogen and oxygen atoms in total. The van der Waals surface area contributed by atoms with Crippen LogP contribution in [0.3, 0.4) is 0 Å². The van der Waals surface area contributed by atoms with E-state index in [-0.39, 0.29) is 5.41 Å². The van der Waals surface area contributed by atoms with E-state index in [1.165, 1.54) is 15.4 Å². The van der Waals surface area contributed by atoms with Crippen molar-refractivity contribution in [1.82, 2.24) is 10.3 Å². The summed E-state index contributed by atoms with van der Waals surface area (Å²) in [4.78, 5) is 5.81. The quantitative estimate of drug-likeness (QED) is 0.832. The number of hydrogen-bond donors (Lipinski definition) is 1. The molecule has 0 aliphatic heterocycles. The summed E-state index contributed by atoms with van der Waals surface area (Å²) in [5, 5.41) is 4.76. The van der Waals surface area contributed by atoms with Crippen molar-refractivity contribution in [2.24, 2.45) is 0 Å². The lowest BCUT2D eigenvalue weighted by Gasteiger charge is -2.15. The topological polar surface area (TPSA) is 24.9 Å². The number of nitrogens with one attached hydrogen (secondary N) is 1. The fourth-order valence-electron chi connectivity index (χ4n) is 1.93. The highest BCUT2D eigenvalue weighted by Gasteiger charge is 2.18. The van der Waals surface area contributed by atoms with Crippen LogP contribution in [-0.2, 0) is 12.0 Å². The van der Waals surface area contributed by atoms with Gasteiger partial charge in [0.25, 0.3) is 0 Å². The Kier molecular flexibility index (Phi) is 4.99. The summed E-state index contributed by atoms with van der Waals surface area (Å²) in [7, 11) is 0. The Hall–Kier alpha value is -0.710. The Morgan fingerprint density at radius 2 is 2.00 bits per heavy atom. The Morgan fingerprint density at radius 1 is 1.30 bits per heavy atom. The first-order valence-electron chi connectivity index (χ1n) is 6.81. The van der Waals surface area contributed by atoms with E-state index in [1.807, 2.05) is 12.3 Å². The number of rotatable bonds is 4. The Labute approximate surface area is 133 Å². The van der Waals surface area contributed by atoms with Crippen LogP contribution in [0.5, 0.6) is 0 Å². The minimum atomic E-state index is 0.136. The molecule has 4 heteroatoms. The third-order valence-electron chi connectivity index (χ3n) is 3.15. The highest BCUT2D eigenvalue weighted by atomic mass is 79.9. The number of halogens is 1. The van der Waals surface area contributed by atoms with Gasteiger partial charge in [0.1, 0.15) is 0 Å². The molecule has 0 aliphatic carbocycles. The molecule has 1 atom stereocenters. The smallest absolute Gasteiger partial charge is 0.0981 e. The van der Waals surface area contributed by atoms with Crippen LogP contribution in [-0.4, -0.2) is 4.98 Å². The van der Waals surface area contributed by atoms with Crippen molar-refractivity contribution in [2.45, 2.75) is 45.7 Å². The van der Waals surface area contributed by atoms with Gasteiger partial charge in [0.05, 0.1) is 5.01 Å². The molecule has 1 aromatic carbocycles. The van der Waals surface area contributed by atoms with Gasteiger partial charge in [-0.3, -0.25) is 0 Å². The molecule has 0 fully saturated rings. The molecule has 1 aromatic heterocycles. The average molecular weight is 353 g/mol. The average Bonchev–Trinajstić information content (AvgIpc) is 2.85. The summed E-state index contributed by atoms with van der Waals surface area (Å²) < 4.78 is 1.15. The number of benzene rings is 1. The van der Waals surface area contributed by atoms with Gasteiger partial charge in [0, 0.05) is 33.5 Å². The molecule has 1 heterocycles. The van der Waals surface area contributed by atoms with Crippen LogP contribution >= 0.6 is 27.3 Å². The normalized spacial score (nSPS) is 13.4. The van der Waals surface area contributed by atoms with Gasteiger partial charge in [0.15, 0.2) is 0 Å². The first-order chi connectivity index (χ1) is 9.38. The van der Waals surface area contributed by atoms with Crippen LogP contribution in [0, 0.1) is 0 Å². The van der Waals surface area contributed by atoms with Crippen molar-refractivity contribution in [3.8, 4) is 0 Å². The standard InChI is InChI=1S/C16H21BrN2S/c1-11(13-7-5-6-8-14(13)17)18-9-12-10-19-15(20-12)16(2,3)4/h5-8,10-11,18H,9H2,1-4H3/t11-/m0/s1. The monoisotopic (exact) mass is 352 g/mol. The van der Waals surface area contributed by atoms with Crippen LogP contribution in [0.4, 0.5) is 0 Å². The minimum Gasteiger partial charge on any atom is -0.305 e. The second kappa shape index (κ2) is 6.37. The van der Waals surface area contributed by atoms with E-state index in [4.69, 9.17) is 0 Å².